The molecule has 1 aliphatic carbocycles. The highest BCUT2D eigenvalue weighted by molar-refractivity contribution is 5.95. The third-order valence-corrected chi connectivity index (χ3v) is 5.31. The van der Waals surface area contributed by atoms with E-state index in [0.717, 1.165) is 37.8 Å². The molecular formula is C20H22F3N3O2. The van der Waals surface area contributed by atoms with Crippen molar-refractivity contribution in [3.8, 4) is 5.69 Å². The summed E-state index contributed by atoms with van der Waals surface area (Å²) in [4.78, 5) is 12.8. The van der Waals surface area contributed by atoms with Crippen molar-refractivity contribution >= 4 is 5.91 Å². The molecule has 2 heterocycles. The van der Waals surface area contributed by atoms with Crippen LogP contribution in [0.25, 0.3) is 5.69 Å². The molecule has 5 nitrogen and oxygen atoms in total. The van der Waals surface area contributed by atoms with Crippen molar-refractivity contribution in [2.75, 3.05) is 6.61 Å². The molecule has 1 saturated heterocycles. The lowest BCUT2D eigenvalue weighted by molar-refractivity contribution is -0.137. The van der Waals surface area contributed by atoms with Gasteiger partial charge in [0, 0.05) is 12.5 Å². The molecule has 0 spiro atoms. The van der Waals surface area contributed by atoms with Gasteiger partial charge in [-0.25, -0.2) is 4.68 Å². The predicted molar refractivity (Wildman–Crippen MR) is 96.4 cm³/mol. The van der Waals surface area contributed by atoms with Crippen molar-refractivity contribution in [1.29, 1.82) is 0 Å². The van der Waals surface area contributed by atoms with Gasteiger partial charge in [-0.2, -0.15) is 18.3 Å². The summed E-state index contributed by atoms with van der Waals surface area (Å²) < 4.78 is 46.3. The molecule has 150 valence electrons. The van der Waals surface area contributed by atoms with Gasteiger partial charge < -0.3 is 10.1 Å². The van der Waals surface area contributed by atoms with Crippen molar-refractivity contribution in [3.05, 3.63) is 47.3 Å². The summed E-state index contributed by atoms with van der Waals surface area (Å²) in [5.41, 5.74) is 0.671. The molecule has 2 aliphatic rings. The molecule has 1 aliphatic heterocycles. The Bertz CT molecular complexity index is 868. The van der Waals surface area contributed by atoms with E-state index < -0.39 is 11.7 Å². The number of hydrogen-bond acceptors (Lipinski definition) is 3. The molecule has 8 heteroatoms. The number of alkyl halides is 3. The van der Waals surface area contributed by atoms with Gasteiger partial charge in [-0.15, -0.1) is 0 Å². The lowest BCUT2D eigenvalue weighted by Crippen LogP contribution is -2.41. The average molecular weight is 393 g/mol. The minimum atomic E-state index is -4.43. The average Bonchev–Trinajstić information content (AvgIpc) is 3.18. The molecular weight excluding hydrogens is 371 g/mol. The molecule has 1 saturated carbocycles. The lowest BCUT2D eigenvalue weighted by atomic mass is 10.1. The molecule has 28 heavy (non-hydrogen) atoms. The molecule has 1 aromatic heterocycles. The van der Waals surface area contributed by atoms with E-state index in [-0.39, 0.29) is 24.0 Å². The highest BCUT2D eigenvalue weighted by atomic mass is 19.4. The summed E-state index contributed by atoms with van der Waals surface area (Å²) in [6.07, 6.45) is 0.683. The molecule has 1 amide bonds. The molecule has 2 atom stereocenters. The second-order valence-electron chi connectivity index (χ2n) is 7.49. The number of nitrogens with one attached hydrogen (secondary N) is 1. The maximum absolute atomic E-state index is 13.1. The lowest BCUT2D eigenvalue weighted by Gasteiger charge is -2.20. The van der Waals surface area contributed by atoms with Gasteiger partial charge in [-0.3, -0.25) is 4.79 Å². The van der Waals surface area contributed by atoms with E-state index >= 15 is 0 Å². The van der Waals surface area contributed by atoms with Crippen molar-refractivity contribution in [3.63, 3.8) is 0 Å². The van der Waals surface area contributed by atoms with E-state index in [0.29, 0.717) is 23.6 Å². The molecule has 0 radical (unpaired) electrons. The number of carbonyl (C=O) groups is 1. The van der Waals surface area contributed by atoms with Crippen LogP contribution >= 0.6 is 0 Å². The number of rotatable bonds is 5. The summed E-state index contributed by atoms with van der Waals surface area (Å²) in [6, 6.07) is 4.88. The molecule has 1 aromatic carbocycles. The van der Waals surface area contributed by atoms with Gasteiger partial charge in [0.05, 0.1) is 40.9 Å². The van der Waals surface area contributed by atoms with Crippen LogP contribution in [0.3, 0.4) is 0 Å². The monoisotopic (exact) mass is 393 g/mol. The SMILES string of the molecule is CC(NC(=O)c1cnn(-c2cccc(C(F)(F)F)c2)c1C1CC1)C1CCCO1. The van der Waals surface area contributed by atoms with E-state index in [1.54, 1.807) is 6.07 Å². The van der Waals surface area contributed by atoms with Gasteiger partial charge in [-0.1, -0.05) is 6.07 Å². The predicted octanol–water partition coefficient (Wildman–Crippen LogP) is 4.07. The van der Waals surface area contributed by atoms with Gasteiger partial charge in [0.1, 0.15) is 0 Å². The second-order valence-corrected chi connectivity index (χ2v) is 7.49. The Morgan fingerprint density at radius 2 is 2.11 bits per heavy atom. The Morgan fingerprint density at radius 3 is 2.75 bits per heavy atom. The zero-order valence-electron chi connectivity index (χ0n) is 15.5. The molecule has 2 fully saturated rings. The number of carbonyl (C=O) groups excluding carboxylic acids is 1. The molecule has 1 N–H and O–H groups in total. The Balaban J connectivity index is 1.62. The van der Waals surface area contributed by atoms with Crippen molar-refractivity contribution in [1.82, 2.24) is 15.1 Å². The number of hydrogen-bond donors (Lipinski definition) is 1. The fourth-order valence-corrected chi connectivity index (χ4v) is 3.68. The number of nitrogens with zero attached hydrogens (tertiary/aromatic N) is 2. The van der Waals surface area contributed by atoms with Gasteiger partial charge in [0.15, 0.2) is 0 Å². The van der Waals surface area contributed by atoms with Crippen LogP contribution < -0.4 is 5.32 Å². The first-order valence-electron chi connectivity index (χ1n) is 9.52. The normalized spacial score (nSPS) is 20.9. The fourth-order valence-electron chi connectivity index (χ4n) is 3.68. The van der Waals surface area contributed by atoms with Crippen LogP contribution in [-0.2, 0) is 10.9 Å². The summed E-state index contributed by atoms with van der Waals surface area (Å²) in [5.74, 6) is -0.126. The van der Waals surface area contributed by atoms with Crippen LogP contribution in [-0.4, -0.2) is 34.4 Å². The van der Waals surface area contributed by atoms with Gasteiger partial charge >= 0.3 is 6.18 Å². The number of ether oxygens (including phenoxy) is 1. The number of benzene rings is 1. The van der Waals surface area contributed by atoms with E-state index in [9.17, 15) is 18.0 Å². The van der Waals surface area contributed by atoms with E-state index in [1.165, 1.54) is 16.9 Å². The van der Waals surface area contributed by atoms with Crippen LogP contribution in [0.1, 0.15) is 60.1 Å². The van der Waals surface area contributed by atoms with E-state index in [4.69, 9.17) is 4.74 Å². The van der Waals surface area contributed by atoms with Crippen molar-refractivity contribution in [2.24, 2.45) is 0 Å². The summed E-state index contributed by atoms with van der Waals surface area (Å²) >= 11 is 0. The maximum Gasteiger partial charge on any atom is 0.416 e. The first kappa shape index (κ1) is 19.0. The van der Waals surface area contributed by atoms with Crippen LogP contribution in [0, 0.1) is 0 Å². The number of halogens is 3. The topological polar surface area (TPSA) is 56.2 Å². The Morgan fingerprint density at radius 1 is 1.32 bits per heavy atom. The number of amides is 1. The van der Waals surface area contributed by atoms with Crippen LogP contribution in [0.2, 0.25) is 0 Å². The largest absolute Gasteiger partial charge is 0.416 e. The van der Waals surface area contributed by atoms with Crippen LogP contribution in [0.15, 0.2) is 30.5 Å². The number of aromatic nitrogens is 2. The second kappa shape index (κ2) is 7.24. The van der Waals surface area contributed by atoms with Crippen LogP contribution in [0.4, 0.5) is 13.2 Å². The Labute approximate surface area is 160 Å². The first-order valence-corrected chi connectivity index (χ1v) is 9.52. The summed E-state index contributed by atoms with van der Waals surface area (Å²) in [5, 5.41) is 7.22. The molecule has 2 unspecified atom stereocenters. The van der Waals surface area contributed by atoms with Crippen molar-refractivity contribution in [2.45, 2.75) is 56.8 Å². The maximum atomic E-state index is 13.1. The molecule has 2 aromatic rings. The zero-order chi connectivity index (χ0) is 19.9. The standard InChI is InChI=1S/C20H22F3N3O2/c1-12(17-6-3-9-28-17)25-19(27)16-11-24-26(18(16)13-7-8-13)15-5-2-4-14(10-15)20(21,22)23/h2,4-5,10-13,17H,3,6-9H2,1H3,(H,25,27). The smallest absolute Gasteiger partial charge is 0.376 e. The first-order chi connectivity index (χ1) is 13.3. The van der Waals surface area contributed by atoms with Crippen LogP contribution in [0.5, 0.6) is 0 Å². The molecule has 4 rings (SSSR count). The summed E-state index contributed by atoms with van der Waals surface area (Å²) in [6.45, 7) is 2.60. The minimum absolute atomic E-state index is 0.00756. The van der Waals surface area contributed by atoms with Gasteiger partial charge in [0.2, 0.25) is 0 Å². The van der Waals surface area contributed by atoms with E-state index in [2.05, 4.69) is 10.4 Å². The quantitative estimate of drug-likeness (QED) is 0.833. The van der Waals surface area contributed by atoms with Gasteiger partial charge in [0.25, 0.3) is 5.91 Å². The highest BCUT2D eigenvalue weighted by Crippen LogP contribution is 2.43. The summed E-state index contributed by atoms with van der Waals surface area (Å²) in [7, 11) is 0. The Hall–Kier alpha value is -2.35. The fraction of sp³-hybridized carbons (Fsp3) is 0.500. The third-order valence-electron chi connectivity index (χ3n) is 5.31. The molecule has 0 bridgehead atoms. The van der Waals surface area contributed by atoms with E-state index in [1.807, 2.05) is 6.92 Å². The minimum Gasteiger partial charge on any atom is -0.376 e. The van der Waals surface area contributed by atoms with Gasteiger partial charge in [-0.05, 0) is 50.8 Å². The zero-order valence-corrected chi connectivity index (χ0v) is 15.5. The van der Waals surface area contributed by atoms with Crippen molar-refractivity contribution < 1.29 is 22.7 Å². The third kappa shape index (κ3) is 3.78. The highest BCUT2D eigenvalue weighted by Gasteiger charge is 2.35. The Kier molecular flexibility index (Phi) is 4.91.